The average molecular weight is 293 g/mol. The van der Waals surface area contributed by atoms with Gasteiger partial charge in [-0.2, -0.15) is 0 Å². The molecular weight excluding hydrogens is 269 g/mol. The molecule has 2 rings (SSSR count). The van der Waals surface area contributed by atoms with Crippen molar-refractivity contribution in [3.8, 4) is 0 Å². The normalized spacial score (nSPS) is 23.9. The fourth-order valence-electron chi connectivity index (χ4n) is 2.73. The van der Waals surface area contributed by atoms with Gasteiger partial charge in [-0.05, 0) is 58.6 Å². The number of hydrogen-bond acceptors (Lipinski definition) is 3. The van der Waals surface area contributed by atoms with Gasteiger partial charge in [0, 0.05) is 6.04 Å². The molecule has 0 saturated carbocycles. The number of amides is 1. The zero-order valence-electron chi connectivity index (χ0n) is 13.1. The van der Waals surface area contributed by atoms with Crippen LogP contribution in [0.2, 0.25) is 0 Å². The van der Waals surface area contributed by atoms with E-state index >= 15 is 0 Å². The van der Waals surface area contributed by atoms with E-state index in [9.17, 15) is 9.18 Å². The van der Waals surface area contributed by atoms with Crippen molar-refractivity contribution >= 4 is 5.91 Å². The minimum Gasteiger partial charge on any atom is -0.319 e. The number of halogens is 1. The predicted octanol–water partition coefficient (Wildman–Crippen LogP) is 1.98. The van der Waals surface area contributed by atoms with E-state index in [1.54, 1.807) is 6.07 Å². The van der Waals surface area contributed by atoms with Crippen molar-refractivity contribution in [2.75, 3.05) is 20.6 Å². The Hall–Kier alpha value is -1.46. The Morgan fingerprint density at radius 2 is 2.14 bits per heavy atom. The van der Waals surface area contributed by atoms with Crippen molar-refractivity contribution < 1.29 is 9.18 Å². The van der Waals surface area contributed by atoms with Gasteiger partial charge >= 0.3 is 0 Å². The van der Waals surface area contributed by atoms with Gasteiger partial charge < -0.3 is 9.80 Å². The average Bonchev–Trinajstić information content (AvgIpc) is 2.72. The highest BCUT2D eigenvalue weighted by atomic mass is 19.1. The molecule has 1 fully saturated rings. The monoisotopic (exact) mass is 293 g/mol. The van der Waals surface area contributed by atoms with Gasteiger partial charge in [-0.25, -0.2) is 4.39 Å². The standard InChI is InChI=1S/C16H24FN3O/c1-11(8-9-19(3)4)20-15(18-12(2)16(20)21)13-6-5-7-14(17)10-13/h5-7,10-12,15,18H,8-9H2,1-4H3. The number of nitrogens with one attached hydrogen (secondary N) is 1. The molecule has 0 spiro atoms. The van der Waals surface area contributed by atoms with Gasteiger partial charge in [0.2, 0.25) is 5.91 Å². The molecule has 1 aromatic carbocycles. The quantitative estimate of drug-likeness (QED) is 0.902. The Labute approximate surface area is 125 Å². The molecule has 4 nitrogen and oxygen atoms in total. The minimum absolute atomic E-state index is 0.0792. The predicted molar refractivity (Wildman–Crippen MR) is 81.2 cm³/mol. The lowest BCUT2D eigenvalue weighted by atomic mass is 10.1. The second-order valence-corrected chi connectivity index (χ2v) is 6.03. The largest absolute Gasteiger partial charge is 0.319 e. The summed E-state index contributed by atoms with van der Waals surface area (Å²) in [5, 5.41) is 3.26. The highest BCUT2D eigenvalue weighted by Crippen LogP contribution is 2.28. The number of nitrogens with zero attached hydrogens (tertiary/aromatic N) is 2. The molecule has 116 valence electrons. The Balaban J connectivity index is 2.20. The van der Waals surface area contributed by atoms with Crippen LogP contribution in [0, 0.1) is 5.82 Å². The lowest BCUT2D eigenvalue weighted by molar-refractivity contribution is -0.132. The molecule has 1 saturated heterocycles. The van der Waals surface area contributed by atoms with Crippen molar-refractivity contribution in [2.24, 2.45) is 0 Å². The molecule has 1 heterocycles. The lowest BCUT2D eigenvalue weighted by Crippen LogP contribution is -2.39. The fourth-order valence-corrected chi connectivity index (χ4v) is 2.73. The number of hydrogen-bond donors (Lipinski definition) is 1. The van der Waals surface area contributed by atoms with E-state index in [0.29, 0.717) is 0 Å². The van der Waals surface area contributed by atoms with Crippen LogP contribution in [0.5, 0.6) is 0 Å². The van der Waals surface area contributed by atoms with E-state index in [1.807, 2.05) is 38.9 Å². The Morgan fingerprint density at radius 1 is 1.43 bits per heavy atom. The summed E-state index contributed by atoms with van der Waals surface area (Å²) in [5.41, 5.74) is 0.796. The topological polar surface area (TPSA) is 35.6 Å². The van der Waals surface area contributed by atoms with Crippen LogP contribution in [0.25, 0.3) is 0 Å². The van der Waals surface area contributed by atoms with Crippen molar-refractivity contribution in [2.45, 2.75) is 38.5 Å². The molecule has 1 aromatic rings. The van der Waals surface area contributed by atoms with Gasteiger partial charge in [-0.1, -0.05) is 12.1 Å². The maximum atomic E-state index is 13.5. The SMILES string of the molecule is CC1NC(c2cccc(F)c2)N(C(C)CCN(C)C)C1=O. The van der Waals surface area contributed by atoms with Crippen LogP contribution in [0.15, 0.2) is 24.3 Å². The van der Waals surface area contributed by atoms with Crippen LogP contribution in [-0.4, -0.2) is 48.4 Å². The third-order valence-electron chi connectivity index (χ3n) is 3.94. The molecule has 3 atom stereocenters. The van der Waals surface area contributed by atoms with E-state index < -0.39 is 0 Å². The molecular formula is C16H24FN3O. The van der Waals surface area contributed by atoms with Crippen LogP contribution < -0.4 is 5.32 Å². The molecule has 0 radical (unpaired) electrons. The van der Waals surface area contributed by atoms with Crippen LogP contribution in [-0.2, 0) is 4.79 Å². The fraction of sp³-hybridized carbons (Fsp3) is 0.562. The van der Waals surface area contributed by atoms with Crippen molar-refractivity contribution in [3.05, 3.63) is 35.6 Å². The summed E-state index contributed by atoms with van der Waals surface area (Å²) in [7, 11) is 4.03. The molecule has 5 heteroatoms. The Bertz CT molecular complexity index is 506. The second kappa shape index (κ2) is 6.54. The molecule has 3 unspecified atom stereocenters. The molecule has 1 aliphatic heterocycles. The number of rotatable bonds is 5. The first-order valence-electron chi connectivity index (χ1n) is 7.38. The first kappa shape index (κ1) is 15.9. The van der Waals surface area contributed by atoms with Gasteiger partial charge in [0.25, 0.3) is 0 Å². The summed E-state index contributed by atoms with van der Waals surface area (Å²) in [6.45, 7) is 4.82. The van der Waals surface area contributed by atoms with Gasteiger partial charge in [-0.15, -0.1) is 0 Å². The number of carbonyl (C=O) groups excluding carboxylic acids is 1. The lowest BCUT2D eigenvalue weighted by Gasteiger charge is -2.31. The summed E-state index contributed by atoms with van der Waals surface area (Å²) in [5.74, 6) is -0.197. The second-order valence-electron chi connectivity index (χ2n) is 6.03. The molecule has 21 heavy (non-hydrogen) atoms. The summed E-state index contributed by atoms with van der Waals surface area (Å²) in [6.07, 6.45) is 0.638. The van der Waals surface area contributed by atoms with E-state index in [-0.39, 0.29) is 30.0 Å². The molecule has 0 aromatic heterocycles. The molecule has 1 amide bonds. The highest BCUT2D eigenvalue weighted by Gasteiger charge is 2.39. The van der Waals surface area contributed by atoms with Crippen molar-refractivity contribution in [3.63, 3.8) is 0 Å². The maximum absolute atomic E-state index is 13.5. The minimum atomic E-state index is -0.276. The van der Waals surface area contributed by atoms with Gasteiger partial charge in [0.1, 0.15) is 12.0 Å². The molecule has 1 aliphatic rings. The molecule has 0 bridgehead atoms. The van der Waals surface area contributed by atoms with Crippen LogP contribution in [0.1, 0.15) is 32.0 Å². The Morgan fingerprint density at radius 3 is 2.76 bits per heavy atom. The van der Waals surface area contributed by atoms with Crippen LogP contribution >= 0.6 is 0 Å². The number of carbonyl (C=O) groups is 1. The third-order valence-corrected chi connectivity index (χ3v) is 3.94. The van der Waals surface area contributed by atoms with Gasteiger partial charge in [-0.3, -0.25) is 10.1 Å². The smallest absolute Gasteiger partial charge is 0.241 e. The van der Waals surface area contributed by atoms with E-state index in [4.69, 9.17) is 0 Å². The van der Waals surface area contributed by atoms with Crippen LogP contribution in [0.4, 0.5) is 4.39 Å². The molecule has 1 N–H and O–H groups in total. The highest BCUT2D eigenvalue weighted by molar-refractivity contribution is 5.84. The first-order chi connectivity index (χ1) is 9.90. The maximum Gasteiger partial charge on any atom is 0.241 e. The molecule has 0 aliphatic carbocycles. The van der Waals surface area contributed by atoms with Crippen molar-refractivity contribution in [1.82, 2.24) is 15.1 Å². The first-order valence-corrected chi connectivity index (χ1v) is 7.38. The van der Waals surface area contributed by atoms with E-state index in [0.717, 1.165) is 18.5 Å². The summed E-state index contributed by atoms with van der Waals surface area (Å²) < 4.78 is 13.5. The van der Waals surface area contributed by atoms with Gasteiger partial charge in [0.05, 0.1) is 6.04 Å². The van der Waals surface area contributed by atoms with Gasteiger partial charge in [0.15, 0.2) is 0 Å². The zero-order valence-corrected chi connectivity index (χ0v) is 13.1. The van der Waals surface area contributed by atoms with Crippen LogP contribution in [0.3, 0.4) is 0 Å². The zero-order chi connectivity index (χ0) is 15.6. The van der Waals surface area contributed by atoms with E-state index in [1.165, 1.54) is 12.1 Å². The van der Waals surface area contributed by atoms with E-state index in [2.05, 4.69) is 10.2 Å². The summed E-state index contributed by atoms with van der Waals surface area (Å²) in [4.78, 5) is 16.4. The van der Waals surface area contributed by atoms with Crippen molar-refractivity contribution in [1.29, 1.82) is 0 Å². The summed E-state index contributed by atoms with van der Waals surface area (Å²) >= 11 is 0. The third kappa shape index (κ3) is 3.60. The Kier molecular flexibility index (Phi) is 4.96. The number of benzene rings is 1. The summed E-state index contributed by atoms with van der Waals surface area (Å²) in [6, 6.07) is 6.32.